The summed E-state index contributed by atoms with van der Waals surface area (Å²) in [5.41, 5.74) is 3.52. The molecule has 2 amide bonds. The third-order valence-electron chi connectivity index (χ3n) is 3.95. The molecule has 2 heterocycles. The van der Waals surface area contributed by atoms with Crippen molar-refractivity contribution in [3.05, 3.63) is 52.7 Å². The first kappa shape index (κ1) is 17.2. The van der Waals surface area contributed by atoms with E-state index in [0.29, 0.717) is 5.69 Å². The molecule has 3 rings (SSSR count). The molecule has 1 aromatic heterocycles. The first-order valence-electron chi connectivity index (χ1n) is 8.18. The minimum atomic E-state index is -0.621. The summed E-state index contributed by atoms with van der Waals surface area (Å²) < 4.78 is 0. The maximum absolute atomic E-state index is 12.7. The van der Waals surface area contributed by atoms with Crippen LogP contribution in [0.1, 0.15) is 31.2 Å². The Balaban J connectivity index is 1.78. The molecule has 0 aliphatic carbocycles. The molecule has 2 aromatic rings. The molecule has 1 aliphatic rings. The SMILES string of the molecule is CCC(NC(=O)C1=NC(C)C(=O)N(c2ccccc2)N1)c1cccs1. The monoisotopic (exact) mass is 356 g/mol. The second-order valence-corrected chi connectivity index (χ2v) is 6.70. The number of amidine groups is 1. The molecule has 1 aliphatic heterocycles. The second-order valence-electron chi connectivity index (χ2n) is 5.72. The number of thiophene rings is 1. The average Bonchev–Trinajstić information content (AvgIpc) is 3.16. The van der Waals surface area contributed by atoms with E-state index in [1.165, 1.54) is 5.01 Å². The van der Waals surface area contributed by atoms with Gasteiger partial charge in [-0.25, -0.2) is 10.0 Å². The Hall–Kier alpha value is -2.67. The fraction of sp³-hybridized carbons (Fsp3) is 0.278. The number of anilines is 1. The minimum absolute atomic E-state index is 0.0740. The largest absolute Gasteiger partial charge is 0.342 e. The van der Waals surface area contributed by atoms with Crippen LogP contribution in [0.3, 0.4) is 0 Å². The fourth-order valence-electron chi connectivity index (χ4n) is 2.59. The molecule has 2 atom stereocenters. The minimum Gasteiger partial charge on any atom is -0.342 e. The molecule has 2 N–H and O–H groups in total. The van der Waals surface area contributed by atoms with Gasteiger partial charge in [0.25, 0.3) is 11.8 Å². The molecule has 0 saturated carbocycles. The third-order valence-corrected chi connectivity index (χ3v) is 4.93. The van der Waals surface area contributed by atoms with E-state index in [-0.39, 0.29) is 23.7 Å². The quantitative estimate of drug-likeness (QED) is 0.865. The van der Waals surface area contributed by atoms with E-state index in [4.69, 9.17) is 0 Å². The van der Waals surface area contributed by atoms with Crippen LogP contribution in [0.5, 0.6) is 0 Å². The van der Waals surface area contributed by atoms with Gasteiger partial charge in [-0.15, -0.1) is 11.3 Å². The van der Waals surface area contributed by atoms with Crippen LogP contribution in [-0.2, 0) is 9.59 Å². The Morgan fingerprint density at radius 3 is 2.72 bits per heavy atom. The van der Waals surface area contributed by atoms with Gasteiger partial charge in [-0.05, 0) is 36.9 Å². The van der Waals surface area contributed by atoms with Crippen molar-refractivity contribution in [3.63, 3.8) is 0 Å². The third kappa shape index (κ3) is 3.71. The van der Waals surface area contributed by atoms with Crippen LogP contribution in [0, 0.1) is 0 Å². The number of amides is 2. The molecular formula is C18H20N4O2S. The van der Waals surface area contributed by atoms with Crippen LogP contribution in [0.4, 0.5) is 5.69 Å². The van der Waals surface area contributed by atoms with Gasteiger partial charge in [0.1, 0.15) is 6.04 Å². The van der Waals surface area contributed by atoms with Gasteiger partial charge in [-0.1, -0.05) is 31.2 Å². The van der Waals surface area contributed by atoms with E-state index in [1.807, 2.05) is 42.6 Å². The first-order valence-corrected chi connectivity index (χ1v) is 9.06. The summed E-state index contributed by atoms with van der Waals surface area (Å²) in [7, 11) is 0. The maximum Gasteiger partial charge on any atom is 0.288 e. The Labute approximate surface area is 150 Å². The smallest absolute Gasteiger partial charge is 0.288 e. The number of hydrogen-bond donors (Lipinski definition) is 2. The standard InChI is InChI=1S/C18H20N4O2S/c1-3-14(15-10-7-11-25-15)20-17(23)16-19-12(2)18(24)22(21-16)13-8-5-4-6-9-13/h4-12,14H,3H2,1-2H3,(H,19,21)(H,20,23). The number of hydrazine groups is 1. The molecule has 0 radical (unpaired) electrons. The van der Waals surface area contributed by atoms with Crippen LogP contribution < -0.4 is 15.8 Å². The number of benzene rings is 1. The molecule has 0 bridgehead atoms. The van der Waals surface area contributed by atoms with Crippen molar-refractivity contribution < 1.29 is 9.59 Å². The number of carbonyl (C=O) groups excluding carboxylic acids is 2. The number of rotatable bonds is 5. The van der Waals surface area contributed by atoms with Crippen molar-refractivity contribution in [3.8, 4) is 0 Å². The van der Waals surface area contributed by atoms with Gasteiger partial charge in [-0.3, -0.25) is 15.0 Å². The van der Waals surface area contributed by atoms with E-state index < -0.39 is 6.04 Å². The molecule has 7 heteroatoms. The number of nitrogens with one attached hydrogen (secondary N) is 2. The molecule has 0 spiro atoms. The van der Waals surface area contributed by atoms with E-state index >= 15 is 0 Å². The highest BCUT2D eigenvalue weighted by Crippen LogP contribution is 2.22. The maximum atomic E-state index is 12.7. The van der Waals surface area contributed by atoms with E-state index in [2.05, 4.69) is 15.7 Å². The lowest BCUT2D eigenvalue weighted by atomic mass is 10.2. The highest BCUT2D eigenvalue weighted by Gasteiger charge is 2.31. The van der Waals surface area contributed by atoms with Crippen molar-refractivity contribution in [1.82, 2.24) is 10.7 Å². The molecule has 1 aromatic carbocycles. The van der Waals surface area contributed by atoms with Crippen molar-refractivity contribution in [1.29, 1.82) is 0 Å². The summed E-state index contributed by atoms with van der Waals surface area (Å²) in [5, 5.41) is 6.34. The lowest BCUT2D eigenvalue weighted by Crippen LogP contribution is -2.58. The first-order chi connectivity index (χ1) is 12.1. The van der Waals surface area contributed by atoms with E-state index in [0.717, 1.165) is 11.3 Å². The molecule has 0 saturated heterocycles. The molecule has 0 fully saturated rings. The summed E-state index contributed by atoms with van der Waals surface area (Å²) in [5.74, 6) is -0.375. The summed E-state index contributed by atoms with van der Waals surface area (Å²) in [4.78, 5) is 30.3. The number of para-hydroxylation sites is 1. The zero-order chi connectivity index (χ0) is 17.8. The number of hydrogen-bond acceptors (Lipinski definition) is 5. The topological polar surface area (TPSA) is 73.8 Å². The van der Waals surface area contributed by atoms with Crippen LogP contribution in [-0.4, -0.2) is 23.7 Å². The summed E-state index contributed by atoms with van der Waals surface area (Å²) in [6.07, 6.45) is 0.774. The van der Waals surface area contributed by atoms with Gasteiger partial charge < -0.3 is 5.32 Å². The lowest BCUT2D eigenvalue weighted by Gasteiger charge is -2.31. The van der Waals surface area contributed by atoms with Gasteiger partial charge in [0.05, 0.1) is 11.7 Å². The van der Waals surface area contributed by atoms with Gasteiger partial charge >= 0.3 is 0 Å². The number of carbonyl (C=O) groups is 2. The fourth-order valence-corrected chi connectivity index (χ4v) is 3.46. The molecule has 6 nitrogen and oxygen atoms in total. The van der Waals surface area contributed by atoms with Crippen molar-refractivity contribution in [2.24, 2.45) is 4.99 Å². The van der Waals surface area contributed by atoms with Crippen LogP contribution in [0.2, 0.25) is 0 Å². The van der Waals surface area contributed by atoms with Crippen LogP contribution >= 0.6 is 11.3 Å². The lowest BCUT2D eigenvalue weighted by molar-refractivity contribution is -0.120. The van der Waals surface area contributed by atoms with Gasteiger partial charge in [0.15, 0.2) is 0 Å². The van der Waals surface area contributed by atoms with E-state index in [9.17, 15) is 9.59 Å². The Morgan fingerprint density at radius 1 is 1.32 bits per heavy atom. The Morgan fingerprint density at radius 2 is 2.08 bits per heavy atom. The Bertz CT molecular complexity index is 774. The molecule has 25 heavy (non-hydrogen) atoms. The molecular weight excluding hydrogens is 336 g/mol. The van der Waals surface area contributed by atoms with Crippen molar-refractivity contribution in [2.75, 3.05) is 5.01 Å². The van der Waals surface area contributed by atoms with Crippen molar-refractivity contribution >= 4 is 34.7 Å². The summed E-state index contributed by atoms with van der Waals surface area (Å²) in [6.45, 7) is 3.70. The van der Waals surface area contributed by atoms with E-state index in [1.54, 1.807) is 30.4 Å². The summed E-state index contributed by atoms with van der Waals surface area (Å²) in [6, 6.07) is 12.4. The zero-order valence-electron chi connectivity index (χ0n) is 14.1. The zero-order valence-corrected chi connectivity index (χ0v) is 14.9. The predicted molar refractivity (Wildman–Crippen MR) is 99.5 cm³/mol. The second kappa shape index (κ2) is 7.48. The predicted octanol–water partition coefficient (Wildman–Crippen LogP) is 2.65. The van der Waals surface area contributed by atoms with Gasteiger partial charge in [0, 0.05) is 4.88 Å². The normalized spacial score (nSPS) is 18.3. The summed E-state index contributed by atoms with van der Waals surface area (Å²) >= 11 is 1.60. The number of nitrogens with zero attached hydrogens (tertiary/aromatic N) is 2. The van der Waals surface area contributed by atoms with Gasteiger partial charge in [-0.2, -0.15) is 0 Å². The van der Waals surface area contributed by atoms with Gasteiger partial charge in [0.2, 0.25) is 5.84 Å². The molecule has 130 valence electrons. The molecule has 2 unspecified atom stereocenters. The van der Waals surface area contributed by atoms with Crippen LogP contribution in [0.25, 0.3) is 0 Å². The average molecular weight is 356 g/mol. The van der Waals surface area contributed by atoms with Crippen LogP contribution in [0.15, 0.2) is 52.8 Å². The highest BCUT2D eigenvalue weighted by atomic mass is 32.1. The highest BCUT2D eigenvalue weighted by molar-refractivity contribution is 7.10. The number of aliphatic imine (C=N–C) groups is 1. The Kier molecular flexibility index (Phi) is 5.14. The van der Waals surface area contributed by atoms with Crippen molar-refractivity contribution in [2.45, 2.75) is 32.4 Å².